The van der Waals surface area contributed by atoms with Crippen LogP contribution in [0.4, 0.5) is 4.39 Å². The van der Waals surface area contributed by atoms with Crippen molar-refractivity contribution >= 4 is 10.8 Å². The average molecular weight is 229 g/mol. The van der Waals surface area contributed by atoms with Crippen LogP contribution in [0.15, 0.2) is 18.2 Å². The Labute approximate surface area is 92.1 Å². The molecule has 0 bridgehead atoms. The van der Waals surface area contributed by atoms with Gasteiger partial charge in [-0.25, -0.2) is 4.39 Å². The zero-order chi connectivity index (χ0) is 11.3. The lowest BCUT2D eigenvalue weighted by Gasteiger charge is -2.04. The van der Waals surface area contributed by atoms with Crippen molar-refractivity contribution in [2.75, 3.05) is 5.75 Å². The Morgan fingerprint density at radius 3 is 2.60 bits per heavy atom. The number of halogens is 1. The first-order valence-corrected chi connectivity index (χ1v) is 6.48. The normalized spacial score (nSPS) is 12.7. The molecule has 1 rings (SSSR count). The fraction of sp³-hybridized carbons (Fsp3) is 0.455. The fourth-order valence-electron chi connectivity index (χ4n) is 1.40. The van der Waals surface area contributed by atoms with E-state index in [2.05, 4.69) is 0 Å². The molecule has 2 N–H and O–H groups in total. The smallest absolute Gasteiger partial charge is 0.123 e. The maximum atomic E-state index is 13.1. The van der Waals surface area contributed by atoms with Gasteiger partial charge in [-0.2, -0.15) is 0 Å². The van der Waals surface area contributed by atoms with E-state index >= 15 is 0 Å². The monoisotopic (exact) mass is 229 g/mol. The van der Waals surface area contributed by atoms with Crippen LogP contribution in [0, 0.1) is 5.82 Å². The van der Waals surface area contributed by atoms with Gasteiger partial charge in [-0.15, -0.1) is 0 Å². The standard InChI is InChI=1S/C11H16FNOS/c1-2-3-15(14)8-10-4-9(7-13)5-11(12)6-10/h4-6H,2-3,7-8,13H2,1H3. The van der Waals surface area contributed by atoms with Crippen molar-refractivity contribution in [1.29, 1.82) is 0 Å². The summed E-state index contributed by atoms with van der Waals surface area (Å²) in [7, 11) is -0.897. The van der Waals surface area contributed by atoms with Crippen molar-refractivity contribution in [2.45, 2.75) is 25.6 Å². The Morgan fingerprint density at radius 1 is 1.33 bits per heavy atom. The summed E-state index contributed by atoms with van der Waals surface area (Å²) in [6.45, 7) is 2.29. The van der Waals surface area contributed by atoms with E-state index < -0.39 is 10.8 Å². The molecular formula is C11H16FNOS. The maximum Gasteiger partial charge on any atom is 0.123 e. The molecule has 0 heterocycles. The van der Waals surface area contributed by atoms with E-state index in [0.29, 0.717) is 18.1 Å². The van der Waals surface area contributed by atoms with E-state index in [0.717, 1.165) is 17.5 Å². The van der Waals surface area contributed by atoms with Gasteiger partial charge in [0.2, 0.25) is 0 Å². The molecule has 1 aromatic carbocycles. The van der Waals surface area contributed by atoms with Crippen LogP contribution in [0.1, 0.15) is 24.5 Å². The van der Waals surface area contributed by atoms with Crippen LogP contribution in [-0.4, -0.2) is 9.96 Å². The van der Waals surface area contributed by atoms with Gasteiger partial charge in [0.05, 0.1) is 0 Å². The first-order chi connectivity index (χ1) is 7.15. The van der Waals surface area contributed by atoms with Gasteiger partial charge in [-0.1, -0.05) is 13.0 Å². The summed E-state index contributed by atoms with van der Waals surface area (Å²) in [6.07, 6.45) is 0.881. The predicted molar refractivity (Wildman–Crippen MR) is 61.3 cm³/mol. The SMILES string of the molecule is CCCS(=O)Cc1cc(F)cc(CN)c1. The molecule has 15 heavy (non-hydrogen) atoms. The Hall–Kier alpha value is -0.740. The molecule has 4 heteroatoms. The summed E-state index contributed by atoms with van der Waals surface area (Å²) >= 11 is 0. The highest BCUT2D eigenvalue weighted by atomic mass is 32.2. The topological polar surface area (TPSA) is 43.1 Å². The predicted octanol–water partition coefficient (Wildman–Crippen LogP) is 1.94. The minimum Gasteiger partial charge on any atom is -0.326 e. The van der Waals surface area contributed by atoms with E-state index in [4.69, 9.17) is 5.73 Å². The lowest BCUT2D eigenvalue weighted by atomic mass is 10.1. The van der Waals surface area contributed by atoms with Crippen LogP contribution >= 0.6 is 0 Å². The molecule has 0 saturated heterocycles. The van der Waals surface area contributed by atoms with Crippen LogP contribution < -0.4 is 5.73 Å². The van der Waals surface area contributed by atoms with Crippen LogP contribution in [-0.2, 0) is 23.1 Å². The lowest BCUT2D eigenvalue weighted by Crippen LogP contribution is -2.03. The van der Waals surface area contributed by atoms with Crippen LogP contribution in [0.5, 0.6) is 0 Å². The molecule has 1 aromatic rings. The number of nitrogens with two attached hydrogens (primary N) is 1. The highest BCUT2D eigenvalue weighted by Gasteiger charge is 2.04. The molecule has 1 unspecified atom stereocenters. The summed E-state index contributed by atoms with van der Waals surface area (Å²) < 4.78 is 24.6. The maximum absolute atomic E-state index is 13.1. The van der Waals surface area contributed by atoms with Gasteiger partial charge in [0.1, 0.15) is 5.82 Å². The molecule has 0 saturated carbocycles. The summed E-state index contributed by atoms with van der Waals surface area (Å²) in [6, 6.07) is 4.65. The number of hydrogen-bond acceptors (Lipinski definition) is 2. The second-order valence-electron chi connectivity index (χ2n) is 3.46. The van der Waals surface area contributed by atoms with Crippen molar-refractivity contribution in [3.8, 4) is 0 Å². The van der Waals surface area contributed by atoms with Crippen LogP contribution in [0.25, 0.3) is 0 Å². The van der Waals surface area contributed by atoms with Crippen molar-refractivity contribution in [1.82, 2.24) is 0 Å². The zero-order valence-electron chi connectivity index (χ0n) is 8.83. The Kier molecular flexibility index (Phi) is 4.91. The molecule has 0 fully saturated rings. The summed E-state index contributed by atoms with van der Waals surface area (Å²) in [5.74, 6) is 0.772. The van der Waals surface area contributed by atoms with Gasteiger partial charge in [0.25, 0.3) is 0 Å². The summed E-state index contributed by atoms with van der Waals surface area (Å²) in [4.78, 5) is 0. The number of benzene rings is 1. The van der Waals surface area contributed by atoms with Crippen molar-refractivity contribution in [2.24, 2.45) is 5.73 Å². The zero-order valence-corrected chi connectivity index (χ0v) is 9.65. The van der Waals surface area contributed by atoms with Crippen LogP contribution in [0.3, 0.4) is 0 Å². The first-order valence-electron chi connectivity index (χ1n) is 4.99. The van der Waals surface area contributed by atoms with E-state index in [-0.39, 0.29) is 5.82 Å². The fourth-order valence-corrected chi connectivity index (χ4v) is 2.54. The molecule has 0 spiro atoms. The molecule has 1 atom stereocenters. The van der Waals surface area contributed by atoms with Crippen LogP contribution in [0.2, 0.25) is 0 Å². The number of hydrogen-bond donors (Lipinski definition) is 1. The molecule has 2 nitrogen and oxygen atoms in total. The molecule has 84 valence electrons. The van der Waals surface area contributed by atoms with Crippen molar-refractivity contribution in [3.63, 3.8) is 0 Å². The summed E-state index contributed by atoms with van der Waals surface area (Å²) in [5.41, 5.74) is 6.95. The van der Waals surface area contributed by atoms with E-state index in [1.165, 1.54) is 12.1 Å². The second-order valence-corrected chi connectivity index (χ2v) is 5.04. The Morgan fingerprint density at radius 2 is 2.00 bits per heavy atom. The molecule has 0 aliphatic heterocycles. The molecule has 0 aliphatic rings. The third-order valence-electron chi connectivity index (χ3n) is 2.01. The van der Waals surface area contributed by atoms with Gasteiger partial charge in [-0.05, 0) is 29.7 Å². The average Bonchev–Trinajstić information content (AvgIpc) is 2.17. The third-order valence-corrected chi connectivity index (χ3v) is 3.53. The Bertz CT molecular complexity index is 354. The van der Waals surface area contributed by atoms with Gasteiger partial charge in [-0.3, -0.25) is 4.21 Å². The second kappa shape index (κ2) is 5.98. The molecular weight excluding hydrogens is 213 g/mol. The Balaban J connectivity index is 2.76. The van der Waals surface area contributed by atoms with Crippen molar-refractivity contribution in [3.05, 3.63) is 35.1 Å². The quantitative estimate of drug-likeness (QED) is 0.838. The molecule has 0 amide bonds. The van der Waals surface area contributed by atoms with Gasteiger partial charge in [0, 0.05) is 28.9 Å². The highest BCUT2D eigenvalue weighted by Crippen LogP contribution is 2.11. The first kappa shape index (κ1) is 12.3. The van der Waals surface area contributed by atoms with Gasteiger partial charge in [0.15, 0.2) is 0 Å². The van der Waals surface area contributed by atoms with E-state index in [9.17, 15) is 8.60 Å². The third kappa shape index (κ3) is 4.10. The lowest BCUT2D eigenvalue weighted by molar-refractivity contribution is 0.623. The number of rotatable bonds is 5. The molecule has 0 aromatic heterocycles. The van der Waals surface area contributed by atoms with Crippen molar-refractivity contribution < 1.29 is 8.60 Å². The van der Waals surface area contributed by atoms with Gasteiger partial charge < -0.3 is 5.73 Å². The molecule has 0 aliphatic carbocycles. The van der Waals surface area contributed by atoms with Gasteiger partial charge >= 0.3 is 0 Å². The largest absolute Gasteiger partial charge is 0.326 e. The minimum atomic E-state index is -0.897. The van der Waals surface area contributed by atoms with E-state index in [1.54, 1.807) is 0 Å². The minimum absolute atomic E-state index is 0.304. The highest BCUT2D eigenvalue weighted by molar-refractivity contribution is 7.84. The van der Waals surface area contributed by atoms with E-state index in [1.807, 2.05) is 13.0 Å². The summed E-state index contributed by atoms with van der Waals surface area (Å²) in [5, 5.41) is 0. The molecule has 0 radical (unpaired) electrons.